The van der Waals surface area contributed by atoms with Crippen molar-refractivity contribution in [2.24, 2.45) is 0 Å². The Hall–Kier alpha value is -0.280. The number of rotatable bonds is 3. The van der Waals surface area contributed by atoms with Gasteiger partial charge in [-0.25, -0.2) is 0 Å². The standard InChI is InChI=1S/C11H13Cl2NO/c1-7(14-9-5-15-6-9)8-2-3-10(12)11(13)4-8/h2-4,7,9,14H,5-6H2,1H3. The molecule has 0 saturated carbocycles. The highest BCUT2D eigenvalue weighted by molar-refractivity contribution is 6.42. The van der Waals surface area contributed by atoms with Crippen LogP contribution in [0.3, 0.4) is 0 Å². The van der Waals surface area contributed by atoms with Gasteiger partial charge in [0.25, 0.3) is 0 Å². The predicted octanol–water partition coefficient (Wildman–Crippen LogP) is 3.04. The van der Waals surface area contributed by atoms with Crippen LogP contribution < -0.4 is 5.32 Å². The molecule has 0 aliphatic carbocycles. The molecule has 1 fully saturated rings. The second kappa shape index (κ2) is 4.71. The predicted molar refractivity (Wildman–Crippen MR) is 62.6 cm³/mol. The van der Waals surface area contributed by atoms with E-state index in [0.29, 0.717) is 16.1 Å². The number of nitrogens with one attached hydrogen (secondary N) is 1. The minimum absolute atomic E-state index is 0.272. The van der Waals surface area contributed by atoms with Gasteiger partial charge in [0, 0.05) is 6.04 Å². The van der Waals surface area contributed by atoms with Crippen molar-refractivity contribution in [2.75, 3.05) is 13.2 Å². The Morgan fingerprint density at radius 2 is 2.07 bits per heavy atom. The number of ether oxygens (including phenoxy) is 1. The van der Waals surface area contributed by atoms with Gasteiger partial charge in [-0.05, 0) is 24.6 Å². The Balaban J connectivity index is 2.03. The van der Waals surface area contributed by atoms with Crippen LogP contribution in [0.25, 0.3) is 0 Å². The average Bonchev–Trinajstić information content (AvgIpc) is 2.15. The highest BCUT2D eigenvalue weighted by Gasteiger charge is 2.20. The molecule has 0 radical (unpaired) electrons. The summed E-state index contributed by atoms with van der Waals surface area (Å²) in [5, 5.41) is 4.65. The summed E-state index contributed by atoms with van der Waals surface area (Å²) in [7, 11) is 0. The van der Waals surface area contributed by atoms with Crippen LogP contribution in [0.4, 0.5) is 0 Å². The van der Waals surface area contributed by atoms with Crippen molar-refractivity contribution in [1.29, 1.82) is 0 Å². The lowest BCUT2D eigenvalue weighted by Crippen LogP contribution is -2.46. The zero-order valence-electron chi connectivity index (χ0n) is 8.47. The average molecular weight is 246 g/mol. The Morgan fingerprint density at radius 3 is 2.60 bits per heavy atom. The zero-order valence-corrected chi connectivity index (χ0v) is 9.98. The van der Waals surface area contributed by atoms with Gasteiger partial charge in [0.05, 0.1) is 29.3 Å². The molecule has 2 nitrogen and oxygen atoms in total. The van der Waals surface area contributed by atoms with Crippen LogP contribution in [0.5, 0.6) is 0 Å². The molecule has 1 saturated heterocycles. The van der Waals surface area contributed by atoms with E-state index in [1.807, 2.05) is 18.2 Å². The highest BCUT2D eigenvalue weighted by atomic mass is 35.5. The molecule has 1 N–H and O–H groups in total. The second-order valence-electron chi connectivity index (χ2n) is 3.80. The van der Waals surface area contributed by atoms with Gasteiger partial charge in [-0.1, -0.05) is 29.3 Å². The van der Waals surface area contributed by atoms with Crippen LogP contribution in [0.15, 0.2) is 18.2 Å². The second-order valence-corrected chi connectivity index (χ2v) is 4.61. The van der Waals surface area contributed by atoms with Crippen molar-refractivity contribution in [3.63, 3.8) is 0 Å². The maximum Gasteiger partial charge on any atom is 0.0643 e. The topological polar surface area (TPSA) is 21.3 Å². The van der Waals surface area contributed by atoms with Gasteiger partial charge >= 0.3 is 0 Å². The van der Waals surface area contributed by atoms with E-state index in [-0.39, 0.29) is 6.04 Å². The third-order valence-electron chi connectivity index (χ3n) is 2.57. The maximum absolute atomic E-state index is 5.96. The van der Waals surface area contributed by atoms with Crippen molar-refractivity contribution in [2.45, 2.75) is 19.0 Å². The molecule has 0 amide bonds. The first-order chi connectivity index (χ1) is 7.16. The quantitative estimate of drug-likeness (QED) is 0.885. The summed E-state index contributed by atoms with van der Waals surface area (Å²) in [6, 6.07) is 6.46. The molecule has 1 atom stereocenters. The summed E-state index contributed by atoms with van der Waals surface area (Å²) in [5.41, 5.74) is 1.15. The number of hydrogen-bond acceptors (Lipinski definition) is 2. The number of hydrogen-bond donors (Lipinski definition) is 1. The van der Waals surface area contributed by atoms with Gasteiger partial charge in [-0.2, -0.15) is 0 Å². The van der Waals surface area contributed by atoms with Crippen molar-refractivity contribution in [3.05, 3.63) is 33.8 Å². The molecule has 1 unspecified atom stereocenters. The fourth-order valence-electron chi connectivity index (χ4n) is 1.56. The van der Waals surface area contributed by atoms with Crippen LogP contribution in [-0.2, 0) is 4.74 Å². The largest absolute Gasteiger partial charge is 0.378 e. The third kappa shape index (κ3) is 2.64. The summed E-state index contributed by atoms with van der Waals surface area (Å²) >= 11 is 11.8. The molecule has 0 spiro atoms. The molecule has 0 bridgehead atoms. The zero-order chi connectivity index (χ0) is 10.8. The Labute approximate surface area is 99.5 Å². The smallest absolute Gasteiger partial charge is 0.0643 e. The molecular formula is C11H13Cl2NO. The Bertz CT molecular complexity index is 352. The van der Waals surface area contributed by atoms with Gasteiger partial charge in [0.1, 0.15) is 0 Å². The number of halogens is 2. The fourth-order valence-corrected chi connectivity index (χ4v) is 1.87. The number of benzene rings is 1. The van der Waals surface area contributed by atoms with Gasteiger partial charge in [-0.15, -0.1) is 0 Å². The summed E-state index contributed by atoms with van der Waals surface area (Å²) in [6.07, 6.45) is 0. The van der Waals surface area contributed by atoms with E-state index < -0.39 is 0 Å². The third-order valence-corrected chi connectivity index (χ3v) is 3.31. The van der Waals surface area contributed by atoms with Crippen molar-refractivity contribution >= 4 is 23.2 Å². The molecule has 1 aliphatic heterocycles. The van der Waals surface area contributed by atoms with E-state index in [0.717, 1.165) is 18.8 Å². The molecule has 2 rings (SSSR count). The van der Waals surface area contributed by atoms with Crippen molar-refractivity contribution in [3.8, 4) is 0 Å². The van der Waals surface area contributed by atoms with Gasteiger partial charge in [0.2, 0.25) is 0 Å². The SMILES string of the molecule is CC(NC1COC1)c1ccc(Cl)c(Cl)c1. The first-order valence-electron chi connectivity index (χ1n) is 4.95. The van der Waals surface area contributed by atoms with Crippen LogP contribution in [0.1, 0.15) is 18.5 Å². The van der Waals surface area contributed by atoms with Crippen molar-refractivity contribution in [1.82, 2.24) is 5.32 Å². The Morgan fingerprint density at radius 1 is 1.33 bits per heavy atom. The maximum atomic E-state index is 5.96. The summed E-state index contributed by atoms with van der Waals surface area (Å²) in [5.74, 6) is 0. The lowest BCUT2D eigenvalue weighted by molar-refractivity contribution is -0.00925. The first-order valence-corrected chi connectivity index (χ1v) is 5.71. The van der Waals surface area contributed by atoms with Gasteiger partial charge in [-0.3, -0.25) is 0 Å². The first kappa shape index (κ1) is 11.2. The molecule has 15 heavy (non-hydrogen) atoms. The molecule has 1 aliphatic rings. The summed E-state index contributed by atoms with van der Waals surface area (Å²) in [6.45, 7) is 3.70. The molecule has 1 aromatic carbocycles. The highest BCUT2D eigenvalue weighted by Crippen LogP contribution is 2.25. The van der Waals surface area contributed by atoms with E-state index in [4.69, 9.17) is 27.9 Å². The monoisotopic (exact) mass is 245 g/mol. The van der Waals surface area contributed by atoms with Crippen LogP contribution >= 0.6 is 23.2 Å². The summed E-state index contributed by atoms with van der Waals surface area (Å²) < 4.78 is 5.10. The molecule has 1 heterocycles. The van der Waals surface area contributed by atoms with Crippen molar-refractivity contribution < 1.29 is 4.74 Å². The van der Waals surface area contributed by atoms with E-state index in [2.05, 4.69) is 12.2 Å². The van der Waals surface area contributed by atoms with E-state index in [1.165, 1.54) is 0 Å². The minimum atomic E-state index is 0.272. The Kier molecular flexibility index (Phi) is 3.52. The fraction of sp³-hybridized carbons (Fsp3) is 0.455. The normalized spacial score (nSPS) is 18.6. The van der Waals surface area contributed by atoms with Crippen LogP contribution in [0, 0.1) is 0 Å². The lowest BCUT2D eigenvalue weighted by atomic mass is 10.1. The minimum Gasteiger partial charge on any atom is -0.378 e. The van der Waals surface area contributed by atoms with E-state index in [9.17, 15) is 0 Å². The molecule has 0 aromatic heterocycles. The van der Waals surface area contributed by atoms with E-state index >= 15 is 0 Å². The molecule has 4 heteroatoms. The van der Waals surface area contributed by atoms with E-state index in [1.54, 1.807) is 0 Å². The molecular weight excluding hydrogens is 233 g/mol. The van der Waals surface area contributed by atoms with Crippen LogP contribution in [0.2, 0.25) is 10.0 Å². The van der Waals surface area contributed by atoms with Crippen LogP contribution in [-0.4, -0.2) is 19.3 Å². The van der Waals surface area contributed by atoms with Gasteiger partial charge in [0.15, 0.2) is 0 Å². The summed E-state index contributed by atoms with van der Waals surface area (Å²) in [4.78, 5) is 0. The molecule has 1 aromatic rings. The molecule has 82 valence electrons. The van der Waals surface area contributed by atoms with Gasteiger partial charge < -0.3 is 10.1 Å². The lowest BCUT2D eigenvalue weighted by Gasteiger charge is -2.30.